The number of halogens is 6. The van der Waals surface area contributed by atoms with E-state index in [0.29, 0.717) is 17.9 Å². The van der Waals surface area contributed by atoms with Crippen molar-refractivity contribution in [1.29, 1.82) is 0 Å². The zero-order valence-corrected chi connectivity index (χ0v) is 31.0. The van der Waals surface area contributed by atoms with Crippen molar-refractivity contribution in [3.8, 4) is 34.5 Å². The van der Waals surface area contributed by atoms with E-state index in [1.54, 1.807) is 79.7 Å². The Kier molecular flexibility index (Phi) is 14.4. The molecule has 0 bridgehead atoms. The van der Waals surface area contributed by atoms with Crippen LogP contribution in [0.5, 0.6) is 34.5 Å². The number of carboxylic acids is 1. The zero-order valence-electron chi connectivity index (χ0n) is 31.0. The summed E-state index contributed by atoms with van der Waals surface area (Å²) in [5.74, 6) is -2.68. The summed E-state index contributed by atoms with van der Waals surface area (Å²) >= 11 is 0. The van der Waals surface area contributed by atoms with Gasteiger partial charge in [-0.25, -0.2) is 4.79 Å². The molecule has 0 aliphatic carbocycles. The standard InChI is InChI=1S/C28H27F3O7.C14H9F3O3/c1-18(15-16-35-20-9-11-21(12-10-20)37-27(2,3)26(33)34)36-24-14-13-22(38-28(29,30)31)17-23(24)25(32)19-7-5-4-6-8-19;15-14(16,17)20-10-6-7-12(18)11(8-10)13(19)9-4-2-1-3-5-9/h4-14,17-18H,15-16H2,1-3H3,(H,33,34);1-8,18H. The Morgan fingerprint density at radius 3 is 1.55 bits per heavy atom. The van der Waals surface area contributed by atoms with E-state index >= 15 is 0 Å². The first-order valence-corrected chi connectivity index (χ1v) is 17.2. The Bertz CT molecular complexity index is 2150. The quantitative estimate of drug-likeness (QED) is 0.0776. The molecule has 5 aromatic carbocycles. The predicted molar refractivity (Wildman–Crippen MR) is 197 cm³/mol. The molecule has 5 rings (SSSR count). The minimum atomic E-state index is -4.91. The van der Waals surface area contributed by atoms with Crippen molar-refractivity contribution in [3.05, 3.63) is 144 Å². The number of benzene rings is 5. The van der Waals surface area contributed by atoms with Crippen molar-refractivity contribution in [1.82, 2.24) is 0 Å². The van der Waals surface area contributed by atoms with Crippen LogP contribution in [0.15, 0.2) is 121 Å². The van der Waals surface area contributed by atoms with Crippen LogP contribution in [0.1, 0.15) is 59.0 Å². The second-order valence-electron chi connectivity index (χ2n) is 12.8. The fraction of sp³-hybridized carbons (Fsp3) is 0.214. The van der Waals surface area contributed by atoms with Crippen LogP contribution in [0.25, 0.3) is 0 Å². The minimum absolute atomic E-state index is 0.0643. The Hall–Kier alpha value is -6.71. The summed E-state index contributed by atoms with van der Waals surface area (Å²) in [6.45, 7) is 4.86. The van der Waals surface area contributed by atoms with Crippen LogP contribution >= 0.6 is 0 Å². The molecule has 1 atom stereocenters. The molecule has 58 heavy (non-hydrogen) atoms. The number of carboxylic acid groups (broad SMARTS) is 1. The number of phenolic OH excluding ortho intramolecular Hbond substituents is 1. The first-order valence-electron chi connectivity index (χ1n) is 17.2. The SMILES string of the molecule is CC(CCOc1ccc(OC(C)(C)C(=O)O)cc1)Oc1ccc(OC(F)(F)F)cc1C(=O)c1ccccc1.O=C(c1ccccc1)c1cc(OC(F)(F)F)ccc1O. The number of aromatic hydroxyl groups is 1. The molecule has 0 fully saturated rings. The first-order chi connectivity index (χ1) is 27.2. The highest BCUT2D eigenvalue weighted by atomic mass is 19.4. The maximum atomic E-state index is 13.0. The second kappa shape index (κ2) is 19.0. The molecule has 5 aromatic rings. The van der Waals surface area contributed by atoms with Crippen LogP contribution in [0.2, 0.25) is 0 Å². The van der Waals surface area contributed by atoms with Crippen molar-refractivity contribution < 1.29 is 74.6 Å². The highest BCUT2D eigenvalue weighted by Gasteiger charge is 2.33. The number of hydrogen-bond acceptors (Lipinski definition) is 9. The molecule has 0 saturated heterocycles. The zero-order chi connectivity index (χ0) is 42.7. The maximum Gasteiger partial charge on any atom is 0.573 e. The van der Waals surface area contributed by atoms with E-state index in [1.807, 2.05) is 0 Å². The molecule has 0 amide bonds. The molecule has 0 radical (unpaired) electrons. The molecule has 0 saturated carbocycles. The fourth-order valence-electron chi connectivity index (χ4n) is 4.93. The van der Waals surface area contributed by atoms with Crippen LogP contribution in [-0.2, 0) is 4.79 Å². The lowest BCUT2D eigenvalue weighted by Gasteiger charge is -2.21. The van der Waals surface area contributed by atoms with Gasteiger partial charge in [-0.3, -0.25) is 9.59 Å². The molecule has 2 N–H and O–H groups in total. The average molecular weight is 815 g/mol. The average Bonchev–Trinajstić information content (AvgIpc) is 3.16. The third-order valence-electron chi connectivity index (χ3n) is 7.78. The summed E-state index contributed by atoms with van der Waals surface area (Å²) in [7, 11) is 0. The summed E-state index contributed by atoms with van der Waals surface area (Å²) in [5.41, 5.74) is -1.15. The molecule has 0 spiro atoms. The van der Waals surface area contributed by atoms with Crippen LogP contribution < -0.4 is 23.7 Å². The lowest BCUT2D eigenvalue weighted by molar-refractivity contribution is -0.275. The molecular weight excluding hydrogens is 778 g/mol. The van der Waals surface area contributed by atoms with Gasteiger partial charge in [0.25, 0.3) is 0 Å². The number of carbonyl (C=O) groups excluding carboxylic acids is 2. The van der Waals surface area contributed by atoms with E-state index < -0.39 is 59.2 Å². The summed E-state index contributed by atoms with van der Waals surface area (Å²) in [6.07, 6.45) is -9.82. The number of ketones is 2. The van der Waals surface area contributed by atoms with Gasteiger partial charge in [-0.15, -0.1) is 26.3 Å². The molecule has 1 unspecified atom stereocenters. The van der Waals surface area contributed by atoms with Crippen molar-refractivity contribution in [3.63, 3.8) is 0 Å². The predicted octanol–water partition coefficient (Wildman–Crippen LogP) is 9.82. The molecule has 306 valence electrons. The largest absolute Gasteiger partial charge is 0.573 e. The molecule has 0 heterocycles. The van der Waals surface area contributed by atoms with Gasteiger partial charge >= 0.3 is 18.7 Å². The van der Waals surface area contributed by atoms with Crippen molar-refractivity contribution >= 4 is 17.5 Å². The first kappa shape index (κ1) is 44.0. The van der Waals surface area contributed by atoms with Gasteiger partial charge in [0, 0.05) is 17.5 Å². The minimum Gasteiger partial charge on any atom is -0.507 e. The summed E-state index contributed by atoms with van der Waals surface area (Å²) in [6, 6.07) is 28.6. The highest BCUT2D eigenvalue weighted by molar-refractivity contribution is 6.11. The van der Waals surface area contributed by atoms with Crippen LogP contribution in [0.4, 0.5) is 26.3 Å². The lowest BCUT2D eigenvalue weighted by atomic mass is 10.0. The summed E-state index contributed by atoms with van der Waals surface area (Å²) in [5, 5.41) is 18.8. The number of phenols is 1. The number of alkyl halides is 6. The van der Waals surface area contributed by atoms with Gasteiger partial charge in [-0.1, -0.05) is 60.7 Å². The van der Waals surface area contributed by atoms with E-state index in [2.05, 4.69) is 9.47 Å². The Labute approximate surface area is 328 Å². The van der Waals surface area contributed by atoms with Gasteiger partial charge in [0.2, 0.25) is 0 Å². The van der Waals surface area contributed by atoms with Gasteiger partial charge in [0.1, 0.15) is 34.5 Å². The second-order valence-corrected chi connectivity index (χ2v) is 12.8. The van der Waals surface area contributed by atoms with Crippen molar-refractivity contribution in [2.24, 2.45) is 0 Å². The number of rotatable bonds is 15. The van der Waals surface area contributed by atoms with Gasteiger partial charge < -0.3 is 33.9 Å². The van der Waals surface area contributed by atoms with Crippen LogP contribution in [0.3, 0.4) is 0 Å². The smallest absolute Gasteiger partial charge is 0.507 e. The maximum absolute atomic E-state index is 13.0. The molecular formula is C42H36F6O10. The van der Waals surface area contributed by atoms with Crippen molar-refractivity contribution in [2.75, 3.05) is 6.61 Å². The highest BCUT2D eigenvalue weighted by Crippen LogP contribution is 2.32. The molecule has 0 aromatic heterocycles. The van der Waals surface area contributed by atoms with E-state index in [4.69, 9.17) is 19.3 Å². The molecule has 16 heteroatoms. The van der Waals surface area contributed by atoms with Crippen LogP contribution in [-0.4, -0.2) is 58.8 Å². The number of aliphatic carboxylic acids is 1. The molecule has 0 aliphatic rings. The van der Waals surface area contributed by atoms with E-state index in [-0.39, 0.29) is 34.6 Å². The summed E-state index contributed by atoms with van der Waals surface area (Å²) in [4.78, 5) is 36.3. The number of ether oxygens (including phenoxy) is 5. The molecule has 0 aliphatic heterocycles. The van der Waals surface area contributed by atoms with Gasteiger partial charge in [-0.2, -0.15) is 0 Å². The third kappa shape index (κ3) is 13.5. The van der Waals surface area contributed by atoms with E-state index in [0.717, 1.165) is 30.3 Å². The van der Waals surface area contributed by atoms with E-state index in [9.17, 15) is 45.8 Å². The number of hydrogen-bond donors (Lipinski definition) is 2. The number of carbonyl (C=O) groups is 3. The van der Waals surface area contributed by atoms with Crippen molar-refractivity contribution in [2.45, 2.75) is 51.6 Å². The Morgan fingerprint density at radius 2 is 1.05 bits per heavy atom. The molecule has 10 nitrogen and oxygen atoms in total. The third-order valence-corrected chi connectivity index (χ3v) is 7.78. The van der Waals surface area contributed by atoms with E-state index in [1.165, 1.54) is 32.0 Å². The van der Waals surface area contributed by atoms with Gasteiger partial charge in [-0.05, 0) is 81.4 Å². The normalized spacial score (nSPS) is 11.9. The topological polar surface area (TPSA) is 138 Å². The fourth-order valence-corrected chi connectivity index (χ4v) is 4.93. The Balaban J connectivity index is 0.000000311. The van der Waals surface area contributed by atoms with Crippen LogP contribution in [0, 0.1) is 0 Å². The Morgan fingerprint density at radius 1 is 0.603 bits per heavy atom. The lowest BCUT2D eigenvalue weighted by Crippen LogP contribution is -2.37. The monoisotopic (exact) mass is 814 g/mol. The van der Waals surface area contributed by atoms with Gasteiger partial charge in [0.15, 0.2) is 17.2 Å². The summed E-state index contributed by atoms with van der Waals surface area (Å²) < 4.78 is 99.3. The van der Waals surface area contributed by atoms with Gasteiger partial charge in [0.05, 0.1) is 23.8 Å².